The van der Waals surface area contributed by atoms with E-state index >= 15 is 0 Å². The van der Waals surface area contributed by atoms with Crippen LogP contribution in [-0.2, 0) is 9.53 Å². The summed E-state index contributed by atoms with van der Waals surface area (Å²) >= 11 is 8.91. The second kappa shape index (κ2) is 6.33. The third kappa shape index (κ3) is 3.66. The van der Waals surface area contributed by atoms with E-state index in [0.29, 0.717) is 9.50 Å². The highest BCUT2D eigenvalue weighted by Crippen LogP contribution is 2.28. The minimum Gasteiger partial charge on any atom is -0.464 e. The van der Waals surface area contributed by atoms with Crippen molar-refractivity contribution < 1.29 is 19.0 Å². The van der Waals surface area contributed by atoms with Crippen LogP contribution in [0.25, 0.3) is 0 Å². The van der Waals surface area contributed by atoms with Crippen LogP contribution in [0.1, 0.15) is 18.6 Å². The van der Waals surface area contributed by atoms with Crippen molar-refractivity contribution in [2.45, 2.75) is 19.2 Å². The number of hydrogen-bond acceptors (Lipinski definition) is 3. The summed E-state index contributed by atoms with van der Waals surface area (Å²) in [6, 6.07) is 4.41. The number of esters is 1. The summed E-state index contributed by atoms with van der Waals surface area (Å²) in [6.45, 7) is 1.63. The van der Waals surface area contributed by atoms with Gasteiger partial charge in [0.2, 0.25) is 6.17 Å². The van der Waals surface area contributed by atoms with Crippen LogP contribution >= 0.6 is 27.5 Å². The van der Waals surface area contributed by atoms with Gasteiger partial charge in [-0.15, -0.1) is 0 Å². The molecule has 94 valence electrons. The van der Waals surface area contributed by atoms with Gasteiger partial charge in [0.25, 0.3) is 0 Å². The van der Waals surface area contributed by atoms with Crippen LogP contribution in [0.2, 0.25) is 5.02 Å². The molecule has 6 heteroatoms. The van der Waals surface area contributed by atoms with E-state index in [0.717, 1.165) is 0 Å². The minimum atomic E-state index is -2.11. The van der Waals surface area contributed by atoms with Gasteiger partial charge in [0.15, 0.2) is 0 Å². The third-order valence-corrected chi connectivity index (χ3v) is 3.29. The Balaban J connectivity index is 2.84. The Hall–Kier alpha value is -0.650. The van der Waals surface area contributed by atoms with Gasteiger partial charge in [-0.3, -0.25) is 0 Å². The summed E-state index contributed by atoms with van der Waals surface area (Å²) in [5.41, 5.74) is 0.252. The number of ether oxygens (including phenoxy) is 1. The first-order valence-corrected chi connectivity index (χ1v) is 6.08. The van der Waals surface area contributed by atoms with E-state index in [2.05, 4.69) is 20.7 Å². The normalized spacial score (nSPS) is 14.2. The number of aliphatic hydroxyl groups is 1. The Bertz CT molecular complexity index is 414. The molecular weight excluding hydrogens is 314 g/mol. The van der Waals surface area contributed by atoms with Crippen LogP contribution in [0.15, 0.2) is 22.7 Å². The van der Waals surface area contributed by atoms with E-state index in [1.54, 1.807) is 6.92 Å². The number of carbonyl (C=O) groups is 1. The fraction of sp³-hybridized carbons (Fsp3) is 0.364. The predicted octanol–water partition coefficient (Wildman–Crippen LogP) is 3.04. The molecule has 0 aliphatic carbocycles. The lowest BCUT2D eigenvalue weighted by Gasteiger charge is -2.15. The fourth-order valence-electron chi connectivity index (χ4n) is 1.22. The summed E-state index contributed by atoms with van der Waals surface area (Å²) in [6.07, 6.45) is -3.68. The molecule has 0 radical (unpaired) electrons. The van der Waals surface area contributed by atoms with Gasteiger partial charge in [0, 0.05) is 4.47 Å². The molecule has 1 rings (SSSR count). The molecule has 1 N–H and O–H groups in total. The molecule has 1 aromatic carbocycles. The molecule has 2 atom stereocenters. The van der Waals surface area contributed by atoms with Gasteiger partial charge in [0.05, 0.1) is 11.6 Å². The van der Waals surface area contributed by atoms with E-state index in [-0.39, 0.29) is 12.2 Å². The molecule has 0 heterocycles. The highest BCUT2D eigenvalue weighted by Gasteiger charge is 2.29. The standard InChI is InChI=1S/C11H11BrClFO3/c1-2-17-11(16)9(14)10(15)6-3-4-8(13)7(12)5-6/h3-5,9-10,15H,2H2,1H3. The van der Waals surface area contributed by atoms with E-state index in [1.807, 2.05) is 0 Å². The first kappa shape index (κ1) is 14.4. The van der Waals surface area contributed by atoms with Crippen molar-refractivity contribution in [2.24, 2.45) is 0 Å². The molecule has 0 aromatic heterocycles. The quantitative estimate of drug-likeness (QED) is 0.866. The van der Waals surface area contributed by atoms with Gasteiger partial charge in [-0.1, -0.05) is 17.7 Å². The maximum Gasteiger partial charge on any atom is 0.343 e. The lowest BCUT2D eigenvalue weighted by atomic mass is 10.1. The molecule has 0 spiro atoms. The summed E-state index contributed by atoms with van der Waals surface area (Å²) in [5, 5.41) is 10.1. The molecule has 1 aromatic rings. The molecule has 3 nitrogen and oxygen atoms in total. The summed E-state index contributed by atoms with van der Waals surface area (Å²) in [4.78, 5) is 11.1. The molecule has 2 unspecified atom stereocenters. The first-order chi connectivity index (χ1) is 7.97. The van der Waals surface area contributed by atoms with E-state index in [1.165, 1.54) is 18.2 Å². The zero-order valence-electron chi connectivity index (χ0n) is 8.99. The Morgan fingerprint density at radius 1 is 1.65 bits per heavy atom. The number of hydrogen-bond donors (Lipinski definition) is 1. The maximum absolute atomic E-state index is 13.5. The Morgan fingerprint density at radius 2 is 2.29 bits per heavy atom. The first-order valence-electron chi connectivity index (χ1n) is 4.91. The van der Waals surface area contributed by atoms with E-state index < -0.39 is 18.2 Å². The number of alkyl halides is 1. The van der Waals surface area contributed by atoms with E-state index in [9.17, 15) is 14.3 Å². The van der Waals surface area contributed by atoms with Crippen LogP contribution < -0.4 is 0 Å². The Morgan fingerprint density at radius 3 is 2.82 bits per heavy atom. The van der Waals surface area contributed by atoms with Gasteiger partial charge in [-0.2, -0.15) is 0 Å². The second-order valence-electron chi connectivity index (χ2n) is 3.27. The van der Waals surface area contributed by atoms with Crippen LogP contribution in [0.4, 0.5) is 4.39 Å². The predicted molar refractivity (Wildman–Crippen MR) is 65.6 cm³/mol. The zero-order valence-corrected chi connectivity index (χ0v) is 11.3. The van der Waals surface area contributed by atoms with Gasteiger partial charge in [0.1, 0.15) is 6.10 Å². The van der Waals surface area contributed by atoms with Crippen molar-refractivity contribution in [3.63, 3.8) is 0 Å². The van der Waals surface area contributed by atoms with Gasteiger partial charge in [-0.05, 0) is 40.5 Å². The summed E-state index contributed by atoms with van der Waals surface area (Å²) in [7, 11) is 0. The SMILES string of the molecule is CCOC(=O)C(F)C(O)c1ccc(Cl)c(Br)c1. The maximum atomic E-state index is 13.5. The van der Waals surface area contributed by atoms with Crippen molar-refractivity contribution in [2.75, 3.05) is 6.61 Å². The van der Waals surface area contributed by atoms with Gasteiger partial charge < -0.3 is 9.84 Å². The molecule has 0 saturated heterocycles. The van der Waals surface area contributed by atoms with Crippen LogP contribution in [0.3, 0.4) is 0 Å². The lowest BCUT2D eigenvalue weighted by Crippen LogP contribution is -2.26. The molecule has 0 aliphatic rings. The van der Waals surface area contributed by atoms with Crippen molar-refractivity contribution in [1.29, 1.82) is 0 Å². The highest BCUT2D eigenvalue weighted by molar-refractivity contribution is 9.10. The average Bonchev–Trinajstić information content (AvgIpc) is 2.31. The van der Waals surface area contributed by atoms with Crippen molar-refractivity contribution in [3.05, 3.63) is 33.3 Å². The lowest BCUT2D eigenvalue weighted by molar-refractivity contribution is -0.153. The van der Waals surface area contributed by atoms with Crippen LogP contribution in [0, 0.1) is 0 Å². The summed E-state index contributed by atoms with van der Waals surface area (Å²) < 4.78 is 18.5. The molecule has 0 aliphatic heterocycles. The largest absolute Gasteiger partial charge is 0.464 e. The van der Waals surface area contributed by atoms with Gasteiger partial charge >= 0.3 is 5.97 Å². The van der Waals surface area contributed by atoms with Crippen LogP contribution in [0.5, 0.6) is 0 Å². The number of carbonyl (C=O) groups excluding carboxylic acids is 1. The fourth-order valence-corrected chi connectivity index (χ4v) is 1.73. The molecule has 0 fully saturated rings. The topological polar surface area (TPSA) is 46.5 Å². The molecule has 0 amide bonds. The average molecular weight is 326 g/mol. The zero-order chi connectivity index (χ0) is 13.0. The number of aliphatic hydroxyl groups excluding tert-OH is 1. The molecule has 17 heavy (non-hydrogen) atoms. The van der Waals surface area contributed by atoms with Crippen molar-refractivity contribution in [1.82, 2.24) is 0 Å². The molecule has 0 bridgehead atoms. The number of benzene rings is 1. The molecular formula is C11H11BrClFO3. The van der Waals surface area contributed by atoms with Gasteiger partial charge in [-0.25, -0.2) is 9.18 Å². The van der Waals surface area contributed by atoms with Crippen molar-refractivity contribution in [3.8, 4) is 0 Å². The Labute approximate surface area is 112 Å². The van der Waals surface area contributed by atoms with Crippen molar-refractivity contribution >= 4 is 33.5 Å². The molecule has 0 saturated carbocycles. The number of halogens is 3. The van der Waals surface area contributed by atoms with E-state index in [4.69, 9.17) is 11.6 Å². The Kier molecular flexibility index (Phi) is 5.36. The number of rotatable bonds is 4. The smallest absolute Gasteiger partial charge is 0.343 e. The highest BCUT2D eigenvalue weighted by atomic mass is 79.9. The minimum absolute atomic E-state index is 0.0658. The second-order valence-corrected chi connectivity index (χ2v) is 4.53. The summed E-state index contributed by atoms with van der Waals surface area (Å²) in [5.74, 6) is -1.08. The third-order valence-electron chi connectivity index (χ3n) is 2.07. The van der Waals surface area contributed by atoms with Crippen LogP contribution in [-0.4, -0.2) is 23.9 Å². The monoisotopic (exact) mass is 324 g/mol.